The summed E-state index contributed by atoms with van der Waals surface area (Å²) in [4.78, 5) is 21.1. The van der Waals surface area contributed by atoms with Crippen LogP contribution in [0.2, 0.25) is 0 Å². The lowest BCUT2D eigenvalue weighted by Gasteiger charge is -2.37. The van der Waals surface area contributed by atoms with Crippen LogP contribution in [0.5, 0.6) is 0 Å². The van der Waals surface area contributed by atoms with Gasteiger partial charge >= 0.3 is 0 Å². The van der Waals surface area contributed by atoms with Crippen LogP contribution in [0.1, 0.15) is 44.9 Å². The van der Waals surface area contributed by atoms with E-state index in [2.05, 4.69) is 4.98 Å². The third kappa shape index (κ3) is 4.03. The molecule has 28 heavy (non-hydrogen) atoms. The summed E-state index contributed by atoms with van der Waals surface area (Å²) in [5.41, 5.74) is 0. The first kappa shape index (κ1) is 19.6. The SMILES string of the molecule is O=C1CN(c2ncccc2S(=O)(=O)N2CCCCC2)CCN1CC1CCCC1. The van der Waals surface area contributed by atoms with Crippen LogP contribution < -0.4 is 4.90 Å². The maximum atomic E-state index is 13.2. The lowest BCUT2D eigenvalue weighted by molar-refractivity contribution is -0.131. The number of sulfonamides is 1. The Hall–Kier alpha value is -1.67. The number of rotatable bonds is 5. The van der Waals surface area contributed by atoms with Gasteiger partial charge in [0.1, 0.15) is 10.7 Å². The summed E-state index contributed by atoms with van der Waals surface area (Å²) in [7, 11) is -3.59. The van der Waals surface area contributed by atoms with E-state index in [4.69, 9.17) is 0 Å². The fourth-order valence-corrected chi connectivity index (χ4v) is 6.33. The summed E-state index contributed by atoms with van der Waals surface area (Å²) in [6.45, 7) is 3.42. The quantitative estimate of drug-likeness (QED) is 0.749. The molecule has 0 spiro atoms. The van der Waals surface area contributed by atoms with Gasteiger partial charge in [0.15, 0.2) is 0 Å². The minimum absolute atomic E-state index is 0.0742. The van der Waals surface area contributed by atoms with Gasteiger partial charge in [0.2, 0.25) is 15.9 Å². The Labute approximate surface area is 167 Å². The molecular formula is C20H30N4O3S. The molecule has 0 N–H and O–H groups in total. The second-order valence-electron chi connectivity index (χ2n) is 8.20. The highest BCUT2D eigenvalue weighted by molar-refractivity contribution is 7.89. The van der Waals surface area contributed by atoms with Crippen LogP contribution in [0.3, 0.4) is 0 Å². The van der Waals surface area contributed by atoms with Gasteiger partial charge in [-0.3, -0.25) is 4.79 Å². The van der Waals surface area contributed by atoms with Crippen LogP contribution >= 0.6 is 0 Å². The van der Waals surface area contributed by atoms with Crippen LogP contribution in [0, 0.1) is 5.92 Å². The predicted molar refractivity (Wildman–Crippen MR) is 108 cm³/mol. The minimum atomic E-state index is -3.59. The van der Waals surface area contributed by atoms with Gasteiger partial charge in [-0.15, -0.1) is 0 Å². The Kier molecular flexibility index (Phi) is 5.87. The highest BCUT2D eigenvalue weighted by Gasteiger charge is 2.33. The van der Waals surface area contributed by atoms with Crippen molar-refractivity contribution < 1.29 is 13.2 Å². The van der Waals surface area contributed by atoms with E-state index in [0.29, 0.717) is 37.9 Å². The van der Waals surface area contributed by atoms with Crippen molar-refractivity contribution >= 4 is 21.7 Å². The van der Waals surface area contributed by atoms with Gasteiger partial charge in [0, 0.05) is 38.9 Å². The Morgan fingerprint density at radius 3 is 2.46 bits per heavy atom. The van der Waals surface area contributed by atoms with Gasteiger partial charge in [-0.05, 0) is 43.7 Å². The zero-order valence-electron chi connectivity index (χ0n) is 16.4. The van der Waals surface area contributed by atoms with E-state index in [1.807, 2.05) is 9.80 Å². The third-order valence-corrected chi connectivity index (χ3v) is 8.17. The Morgan fingerprint density at radius 1 is 1.00 bits per heavy atom. The summed E-state index contributed by atoms with van der Waals surface area (Å²) < 4.78 is 27.9. The topological polar surface area (TPSA) is 73.8 Å². The lowest BCUT2D eigenvalue weighted by atomic mass is 10.1. The van der Waals surface area contributed by atoms with Gasteiger partial charge in [-0.2, -0.15) is 4.31 Å². The Morgan fingerprint density at radius 2 is 1.75 bits per heavy atom. The first-order valence-electron chi connectivity index (χ1n) is 10.5. The number of hydrogen-bond acceptors (Lipinski definition) is 5. The van der Waals surface area contributed by atoms with Gasteiger partial charge in [0.05, 0.1) is 6.54 Å². The van der Waals surface area contributed by atoms with Crippen LogP contribution in [-0.4, -0.2) is 67.8 Å². The molecule has 0 bridgehead atoms. The van der Waals surface area contributed by atoms with Gasteiger partial charge in [0.25, 0.3) is 0 Å². The number of hydrogen-bond donors (Lipinski definition) is 0. The molecule has 2 aliphatic heterocycles. The van der Waals surface area contributed by atoms with Crippen molar-refractivity contribution in [2.75, 3.05) is 44.2 Å². The van der Waals surface area contributed by atoms with E-state index in [1.54, 1.807) is 22.6 Å². The summed E-state index contributed by atoms with van der Waals surface area (Å²) in [5.74, 6) is 1.12. The fraction of sp³-hybridized carbons (Fsp3) is 0.700. The van der Waals surface area contributed by atoms with Gasteiger partial charge in [-0.25, -0.2) is 13.4 Å². The summed E-state index contributed by atoms with van der Waals surface area (Å²) in [6, 6.07) is 3.29. The number of carbonyl (C=O) groups is 1. The molecule has 1 amide bonds. The maximum absolute atomic E-state index is 13.2. The average molecular weight is 407 g/mol. The van der Waals surface area contributed by atoms with Crippen LogP contribution in [0.25, 0.3) is 0 Å². The van der Waals surface area contributed by atoms with E-state index in [1.165, 1.54) is 25.7 Å². The Balaban J connectivity index is 1.50. The van der Waals surface area contributed by atoms with Crippen molar-refractivity contribution in [3.05, 3.63) is 18.3 Å². The second kappa shape index (κ2) is 8.37. The molecule has 2 saturated heterocycles. The standard InChI is InChI=1S/C20H30N4O3S/c25-19-16-23(14-13-22(19)15-17-7-2-3-8-17)20-18(9-6-10-21-20)28(26,27)24-11-4-1-5-12-24/h6,9-10,17H,1-5,7-8,11-16H2. The third-order valence-electron chi connectivity index (χ3n) is 6.26. The molecule has 3 heterocycles. The number of pyridine rings is 1. The molecule has 4 rings (SSSR count). The van der Waals surface area contributed by atoms with Gasteiger partial charge in [-0.1, -0.05) is 19.3 Å². The smallest absolute Gasteiger partial charge is 0.246 e. The van der Waals surface area contributed by atoms with E-state index < -0.39 is 10.0 Å². The summed E-state index contributed by atoms with van der Waals surface area (Å²) in [5, 5.41) is 0. The molecule has 7 nitrogen and oxygen atoms in total. The Bertz CT molecular complexity index is 801. The zero-order valence-corrected chi connectivity index (χ0v) is 17.2. The highest BCUT2D eigenvalue weighted by Crippen LogP contribution is 2.30. The molecule has 3 fully saturated rings. The summed E-state index contributed by atoms with van der Waals surface area (Å²) in [6.07, 6.45) is 9.44. The molecule has 0 radical (unpaired) electrons. The van der Waals surface area contributed by atoms with Crippen molar-refractivity contribution in [2.45, 2.75) is 49.8 Å². The molecule has 8 heteroatoms. The first-order chi connectivity index (χ1) is 13.6. The largest absolute Gasteiger partial charge is 0.344 e. The highest BCUT2D eigenvalue weighted by atomic mass is 32.2. The predicted octanol–water partition coefficient (Wildman–Crippen LogP) is 2.09. The molecule has 1 saturated carbocycles. The van der Waals surface area contributed by atoms with E-state index in [-0.39, 0.29) is 17.3 Å². The fourth-order valence-electron chi connectivity index (χ4n) is 4.65. The number of piperidine rings is 1. The molecule has 3 aliphatic rings. The second-order valence-corrected chi connectivity index (χ2v) is 10.1. The molecule has 1 aliphatic carbocycles. The molecule has 0 unspecified atom stereocenters. The number of anilines is 1. The zero-order chi connectivity index (χ0) is 19.6. The van der Waals surface area contributed by atoms with Crippen LogP contribution in [0.4, 0.5) is 5.82 Å². The van der Waals surface area contributed by atoms with Crippen molar-refractivity contribution in [1.82, 2.24) is 14.2 Å². The average Bonchev–Trinajstić information content (AvgIpc) is 3.23. The van der Waals surface area contributed by atoms with E-state index in [0.717, 1.165) is 25.8 Å². The number of aromatic nitrogens is 1. The molecule has 1 aromatic heterocycles. The number of amides is 1. The normalized spacial score (nSPS) is 22.8. The van der Waals surface area contributed by atoms with Crippen molar-refractivity contribution in [1.29, 1.82) is 0 Å². The van der Waals surface area contributed by atoms with Gasteiger partial charge < -0.3 is 9.80 Å². The van der Waals surface area contributed by atoms with E-state index in [9.17, 15) is 13.2 Å². The monoisotopic (exact) mass is 406 g/mol. The lowest BCUT2D eigenvalue weighted by Crippen LogP contribution is -2.52. The van der Waals surface area contributed by atoms with Crippen molar-refractivity contribution in [2.24, 2.45) is 5.92 Å². The minimum Gasteiger partial charge on any atom is -0.344 e. The number of nitrogens with zero attached hydrogens (tertiary/aromatic N) is 4. The van der Waals surface area contributed by atoms with Crippen molar-refractivity contribution in [3.63, 3.8) is 0 Å². The maximum Gasteiger partial charge on any atom is 0.246 e. The summed E-state index contributed by atoms with van der Waals surface area (Å²) >= 11 is 0. The molecule has 0 aromatic carbocycles. The molecule has 1 aromatic rings. The number of piperazine rings is 1. The first-order valence-corrected chi connectivity index (χ1v) is 12.0. The molecule has 154 valence electrons. The number of carbonyl (C=O) groups excluding carboxylic acids is 1. The van der Waals surface area contributed by atoms with Crippen molar-refractivity contribution in [3.8, 4) is 0 Å². The van der Waals surface area contributed by atoms with Crippen LogP contribution in [-0.2, 0) is 14.8 Å². The molecular weight excluding hydrogens is 376 g/mol. The molecule has 0 atom stereocenters. The van der Waals surface area contributed by atoms with E-state index >= 15 is 0 Å². The van der Waals surface area contributed by atoms with Crippen LogP contribution in [0.15, 0.2) is 23.2 Å².